The average molecular weight is 224 g/mol. The van der Waals surface area contributed by atoms with Crippen molar-refractivity contribution in [3.8, 4) is 0 Å². The van der Waals surface area contributed by atoms with Crippen LogP contribution in [0.4, 0.5) is 0 Å². The van der Waals surface area contributed by atoms with Crippen LogP contribution < -0.4 is 5.32 Å². The molecule has 6 nitrogen and oxygen atoms in total. The molecule has 0 aliphatic carbocycles. The SMILES string of the molecule is C1=NCCN1.CCOS(=O)(=O)OCC. The Hall–Kier alpha value is -0.660. The van der Waals surface area contributed by atoms with Gasteiger partial charge >= 0.3 is 10.4 Å². The van der Waals surface area contributed by atoms with Crippen molar-refractivity contribution in [2.75, 3.05) is 26.3 Å². The summed E-state index contributed by atoms with van der Waals surface area (Å²) in [5.74, 6) is 0. The molecule has 0 atom stereocenters. The maximum atomic E-state index is 10.4. The summed E-state index contributed by atoms with van der Waals surface area (Å²) in [6.45, 7) is 5.37. The Morgan fingerprint density at radius 1 is 1.36 bits per heavy atom. The third kappa shape index (κ3) is 7.96. The predicted octanol–water partition coefficient (Wildman–Crippen LogP) is -0.0779. The Labute approximate surface area is 84.6 Å². The molecular formula is C7H16N2O4S. The lowest BCUT2D eigenvalue weighted by molar-refractivity contribution is 0.231. The first-order valence-corrected chi connectivity index (χ1v) is 5.71. The van der Waals surface area contributed by atoms with E-state index in [-0.39, 0.29) is 13.2 Å². The Morgan fingerprint density at radius 2 is 1.93 bits per heavy atom. The second-order valence-electron chi connectivity index (χ2n) is 2.21. The zero-order chi connectivity index (χ0) is 10.9. The largest absolute Gasteiger partial charge is 0.399 e. The van der Waals surface area contributed by atoms with E-state index in [1.54, 1.807) is 20.2 Å². The Bertz CT molecular complexity index is 232. The van der Waals surface area contributed by atoms with Crippen molar-refractivity contribution in [1.29, 1.82) is 0 Å². The summed E-state index contributed by atoms with van der Waals surface area (Å²) in [7, 11) is -3.68. The van der Waals surface area contributed by atoms with E-state index in [2.05, 4.69) is 18.7 Å². The minimum absolute atomic E-state index is 0.113. The molecule has 1 heterocycles. The fourth-order valence-corrected chi connectivity index (χ4v) is 1.29. The summed E-state index contributed by atoms with van der Waals surface area (Å²) < 4.78 is 29.2. The summed E-state index contributed by atoms with van der Waals surface area (Å²) in [6.07, 6.45) is 1.74. The monoisotopic (exact) mass is 224 g/mol. The Kier molecular flexibility index (Phi) is 7.35. The smallest absolute Gasteiger partial charge is 0.375 e. The summed E-state index contributed by atoms with van der Waals surface area (Å²) >= 11 is 0. The van der Waals surface area contributed by atoms with Gasteiger partial charge in [0.05, 0.1) is 26.1 Å². The van der Waals surface area contributed by atoms with Crippen molar-refractivity contribution >= 4 is 16.7 Å². The molecule has 0 aromatic rings. The number of aliphatic imine (C=N–C) groups is 1. The molecule has 0 aromatic carbocycles. The van der Waals surface area contributed by atoms with Crippen LogP contribution in [0.15, 0.2) is 4.99 Å². The molecule has 0 amide bonds. The van der Waals surface area contributed by atoms with Crippen LogP contribution in [-0.2, 0) is 18.8 Å². The van der Waals surface area contributed by atoms with E-state index >= 15 is 0 Å². The molecular weight excluding hydrogens is 208 g/mol. The standard InChI is InChI=1S/C4H10O4S.C3H6N2/c1-3-7-9(5,6)8-4-2;1-2-5-3-4-1/h3-4H2,1-2H3;3H,1-2H2,(H,4,5). The predicted molar refractivity (Wildman–Crippen MR) is 53.5 cm³/mol. The third-order valence-electron chi connectivity index (χ3n) is 1.09. The molecule has 84 valence electrons. The minimum atomic E-state index is -3.68. The fourth-order valence-electron chi connectivity index (χ4n) is 0.645. The molecule has 1 aliphatic rings. The van der Waals surface area contributed by atoms with E-state index in [0.29, 0.717) is 0 Å². The van der Waals surface area contributed by atoms with Crippen molar-refractivity contribution < 1.29 is 16.8 Å². The van der Waals surface area contributed by atoms with Crippen molar-refractivity contribution in [2.45, 2.75) is 13.8 Å². The number of nitrogens with one attached hydrogen (secondary N) is 1. The zero-order valence-electron chi connectivity index (χ0n) is 8.39. The van der Waals surface area contributed by atoms with E-state index in [1.165, 1.54) is 0 Å². The zero-order valence-corrected chi connectivity index (χ0v) is 9.21. The molecule has 0 saturated heterocycles. The van der Waals surface area contributed by atoms with Gasteiger partial charge in [-0.3, -0.25) is 4.99 Å². The molecule has 0 saturated carbocycles. The van der Waals surface area contributed by atoms with Crippen LogP contribution in [0.5, 0.6) is 0 Å². The second-order valence-corrected chi connectivity index (χ2v) is 3.50. The van der Waals surface area contributed by atoms with Crippen LogP contribution in [-0.4, -0.2) is 41.1 Å². The van der Waals surface area contributed by atoms with Crippen molar-refractivity contribution in [1.82, 2.24) is 5.32 Å². The van der Waals surface area contributed by atoms with Crippen LogP contribution in [0.25, 0.3) is 0 Å². The summed E-state index contributed by atoms with van der Waals surface area (Å²) in [6, 6.07) is 0. The van der Waals surface area contributed by atoms with Gasteiger partial charge in [0, 0.05) is 6.54 Å². The van der Waals surface area contributed by atoms with Gasteiger partial charge in [-0.05, 0) is 13.8 Å². The Balaban J connectivity index is 0.000000280. The highest BCUT2D eigenvalue weighted by Gasteiger charge is 2.06. The average Bonchev–Trinajstić information content (AvgIpc) is 2.59. The lowest BCUT2D eigenvalue weighted by Crippen LogP contribution is -2.09. The molecule has 14 heavy (non-hydrogen) atoms. The summed E-state index contributed by atoms with van der Waals surface area (Å²) in [5.41, 5.74) is 0. The number of nitrogens with zero attached hydrogens (tertiary/aromatic N) is 1. The highest BCUT2D eigenvalue weighted by Crippen LogP contribution is 1.93. The first-order chi connectivity index (χ1) is 6.62. The summed E-state index contributed by atoms with van der Waals surface area (Å²) in [5, 5.41) is 2.93. The molecule has 0 spiro atoms. The van der Waals surface area contributed by atoms with Crippen LogP contribution in [0.3, 0.4) is 0 Å². The van der Waals surface area contributed by atoms with E-state index in [4.69, 9.17) is 0 Å². The van der Waals surface area contributed by atoms with Crippen LogP contribution >= 0.6 is 0 Å². The van der Waals surface area contributed by atoms with Crippen LogP contribution in [0, 0.1) is 0 Å². The lowest BCUT2D eigenvalue weighted by atomic mass is 10.7. The fraction of sp³-hybridized carbons (Fsp3) is 0.857. The van der Waals surface area contributed by atoms with Crippen LogP contribution in [0.1, 0.15) is 13.8 Å². The highest BCUT2D eigenvalue weighted by atomic mass is 32.3. The van der Waals surface area contributed by atoms with Gasteiger partial charge in [0.25, 0.3) is 0 Å². The molecule has 1 aliphatic heterocycles. The molecule has 1 rings (SSSR count). The van der Waals surface area contributed by atoms with E-state index in [1.807, 2.05) is 0 Å². The number of hydrogen-bond donors (Lipinski definition) is 1. The molecule has 0 fully saturated rings. The van der Waals surface area contributed by atoms with Gasteiger partial charge in [-0.1, -0.05) is 0 Å². The van der Waals surface area contributed by atoms with Gasteiger partial charge in [0.15, 0.2) is 0 Å². The minimum Gasteiger partial charge on any atom is -0.375 e. The van der Waals surface area contributed by atoms with Gasteiger partial charge in [0.2, 0.25) is 0 Å². The maximum absolute atomic E-state index is 10.4. The first kappa shape index (κ1) is 13.3. The molecule has 0 radical (unpaired) electrons. The quantitative estimate of drug-likeness (QED) is 0.723. The van der Waals surface area contributed by atoms with Crippen molar-refractivity contribution in [2.24, 2.45) is 4.99 Å². The molecule has 7 heteroatoms. The molecule has 0 aromatic heterocycles. The first-order valence-electron chi connectivity index (χ1n) is 4.37. The lowest BCUT2D eigenvalue weighted by Gasteiger charge is -1.99. The van der Waals surface area contributed by atoms with Gasteiger partial charge in [-0.15, -0.1) is 0 Å². The topological polar surface area (TPSA) is 77.0 Å². The van der Waals surface area contributed by atoms with Gasteiger partial charge in [0.1, 0.15) is 0 Å². The Morgan fingerprint density at radius 3 is 2.14 bits per heavy atom. The molecule has 0 bridgehead atoms. The summed E-state index contributed by atoms with van der Waals surface area (Å²) in [4.78, 5) is 3.85. The number of rotatable bonds is 4. The third-order valence-corrected chi connectivity index (χ3v) is 2.14. The van der Waals surface area contributed by atoms with E-state index in [0.717, 1.165) is 13.1 Å². The van der Waals surface area contributed by atoms with E-state index in [9.17, 15) is 8.42 Å². The molecule has 0 unspecified atom stereocenters. The number of hydrogen-bond acceptors (Lipinski definition) is 6. The van der Waals surface area contributed by atoms with Gasteiger partial charge in [-0.25, -0.2) is 8.37 Å². The maximum Gasteiger partial charge on any atom is 0.399 e. The van der Waals surface area contributed by atoms with Gasteiger partial charge < -0.3 is 5.32 Å². The molecule has 1 N–H and O–H groups in total. The highest BCUT2D eigenvalue weighted by molar-refractivity contribution is 7.81. The second kappa shape index (κ2) is 7.72. The van der Waals surface area contributed by atoms with E-state index < -0.39 is 10.4 Å². The van der Waals surface area contributed by atoms with Crippen molar-refractivity contribution in [3.05, 3.63) is 0 Å². The van der Waals surface area contributed by atoms with Crippen molar-refractivity contribution in [3.63, 3.8) is 0 Å². The van der Waals surface area contributed by atoms with Gasteiger partial charge in [-0.2, -0.15) is 8.42 Å². The normalized spacial score (nSPS) is 14.4. The van der Waals surface area contributed by atoms with Crippen LogP contribution in [0.2, 0.25) is 0 Å².